The summed E-state index contributed by atoms with van der Waals surface area (Å²) in [5.74, 6) is -0.231. The highest BCUT2D eigenvalue weighted by Crippen LogP contribution is 2.31. The molecule has 0 N–H and O–H groups in total. The molecule has 2 aromatic rings. The van der Waals surface area contributed by atoms with Gasteiger partial charge in [-0.1, -0.05) is 6.07 Å². The number of esters is 1. The predicted molar refractivity (Wildman–Crippen MR) is 63.6 cm³/mol. The van der Waals surface area contributed by atoms with Crippen molar-refractivity contribution in [2.75, 3.05) is 6.61 Å². The van der Waals surface area contributed by atoms with E-state index in [1.54, 1.807) is 11.3 Å². The highest BCUT2D eigenvalue weighted by atomic mass is 32.1. The van der Waals surface area contributed by atoms with Crippen LogP contribution >= 0.6 is 22.7 Å². The van der Waals surface area contributed by atoms with Crippen molar-refractivity contribution in [1.82, 2.24) is 0 Å². The van der Waals surface area contributed by atoms with Crippen molar-refractivity contribution in [3.63, 3.8) is 0 Å². The second-order valence-electron chi connectivity index (χ2n) is 2.86. The molecule has 2 heterocycles. The summed E-state index contributed by atoms with van der Waals surface area (Å²) in [4.78, 5) is 14.4. The van der Waals surface area contributed by atoms with Crippen molar-refractivity contribution >= 4 is 28.6 Å². The summed E-state index contributed by atoms with van der Waals surface area (Å²) in [6.07, 6.45) is 0. The largest absolute Gasteiger partial charge is 0.462 e. The smallest absolute Gasteiger partial charge is 0.348 e. The molecule has 0 fully saturated rings. The maximum Gasteiger partial charge on any atom is 0.348 e. The fourth-order valence-electron chi connectivity index (χ4n) is 1.20. The van der Waals surface area contributed by atoms with Gasteiger partial charge >= 0.3 is 5.97 Å². The summed E-state index contributed by atoms with van der Waals surface area (Å²) >= 11 is 3.15. The van der Waals surface area contributed by atoms with Crippen molar-refractivity contribution < 1.29 is 9.53 Å². The topological polar surface area (TPSA) is 26.3 Å². The Hall–Kier alpha value is -1.13. The molecule has 0 amide bonds. The molecule has 0 saturated heterocycles. The zero-order valence-electron chi connectivity index (χ0n) is 8.23. The van der Waals surface area contributed by atoms with Crippen LogP contribution in [0.3, 0.4) is 0 Å². The molecule has 0 aliphatic heterocycles. The van der Waals surface area contributed by atoms with E-state index in [9.17, 15) is 4.79 Å². The molecule has 0 aliphatic carbocycles. The molecule has 0 atom stereocenters. The number of hydrogen-bond donors (Lipinski definition) is 0. The van der Waals surface area contributed by atoms with Crippen LogP contribution in [0.2, 0.25) is 0 Å². The van der Waals surface area contributed by atoms with Crippen LogP contribution in [0, 0.1) is 0 Å². The van der Waals surface area contributed by atoms with Crippen molar-refractivity contribution in [3.05, 3.63) is 34.5 Å². The van der Waals surface area contributed by atoms with Crippen LogP contribution in [0.5, 0.6) is 0 Å². The second-order valence-corrected chi connectivity index (χ2v) is 4.89. The van der Waals surface area contributed by atoms with Crippen LogP contribution < -0.4 is 0 Å². The minimum absolute atomic E-state index is 0.231. The van der Waals surface area contributed by atoms with Gasteiger partial charge in [0.25, 0.3) is 0 Å². The molecule has 0 saturated carbocycles. The van der Waals surface area contributed by atoms with Gasteiger partial charge in [0.1, 0.15) is 4.88 Å². The maximum atomic E-state index is 11.4. The Labute approximate surface area is 96.1 Å². The zero-order chi connectivity index (χ0) is 10.7. The summed E-state index contributed by atoms with van der Waals surface area (Å²) in [7, 11) is 0. The van der Waals surface area contributed by atoms with Crippen molar-refractivity contribution in [2.24, 2.45) is 0 Å². The molecule has 15 heavy (non-hydrogen) atoms. The van der Waals surface area contributed by atoms with Crippen LogP contribution in [0.25, 0.3) is 9.75 Å². The van der Waals surface area contributed by atoms with Crippen molar-refractivity contribution in [1.29, 1.82) is 0 Å². The van der Waals surface area contributed by atoms with Crippen LogP contribution in [-0.4, -0.2) is 12.6 Å². The normalized spacial score (nSPS) is 10.2. The average Bonchev–Trinajstić information content (AvgIpc) is 2.89. The Balaban J connectivity index is 2.21. The van der Waals surface area contributed by atoms with Crippen molar-refractivity contribution in [2.45, 2.75) is 6.92 Å². The number of rotatable bonds is 3. The van der Waals surface area contributed by atoms with Crippen molar-refractivity contribution in [3.8, 4) is 9.75 Å². The molecule has 0 spiro atoms. The van der Waals surface area contributed by atoms with E-state index in [1.807, 2.05) is 36.6 Å². The molecule has 4 heteroatoms. The lowest BCUT2D eigenvalue weighted by molar-refractivity contribution is 0.0532. The van der Waals surface area contributed by atoms with E-state index >= 15 is 0 Å². The molecule has 78 valence electrons. The molecule has 2 rings (SSSR count). The van der Waals surface area contributed by atoms with Gasteiger partial charge in [0.2, 0.25) is 0 Å². The van der Waals surface area contributed by atoms with Gasteiger partial charge in [0.05, 0.1) is 6.61 Å². The molecule has 0 radical (unpaired) electrons. The van der Waals surface area contributed by atoms with Crippen LogP contribution in [0.4, 0.5) is 0 Å². The Morgan fingerprint density at radius 2 is 2.20 bits per heavy atom. The third kappa shape index (κ3) is 2.27. The highest BCUT2D eigenvalue weighted by molar-refractivity contribution is 7.22. The first kappa shape index (κ1) is 10.4. The fourth-order valence-corrected chi connectivity index (χ4v) is 2.94. The summed E-state index contributed by atoms with van der Waals surface area (Å²) in [6, 6.07) is 7.83. The zero-order valence-corrected chi connectivity index (χ0v) is 9.86. The number of thiophene rings is 2. The molecule has 2 aromatic heterocycles. The van der Waals surface area contributed by atoms with Crippen LogP contribution in [0.15, 0.2) is 29.6 Å². The van der Waals surface area contributed by atoms with Gasteiger partial charge in [0.15, 0.2) is 0 Å². The lowest BCUT2D eigenvalue weighted by Gasteiger charge is -1.96. The van der Waals surface area contributed by atoms with E-state index in [0.29, 0.717) is 11.5 Å². The molecule has 0 bridgehead atoms. The Bertz CT molecular complexity index is 443. The predicted octanol–water partition coefficient (Wildman–Crippen LogP) is 3.65. The van der Waals surface area contributed by atoms with E-state index in [-0.39, 0.29) is 5.97 Å². The third-order valence-electron chi connectivity index (χ3n) is 1.85. The maximum absolute atomic E-state index is 11.4. The van der Waals surface area contributed by atoms with E-state index in [0.717, 1.165) is 4.88 Å². The number of carbonyl (C=O) groups excluding carboxylic acids is 1. The van der Waals surface area contributed by atoms with E-state index in [4.69, 9.17) is 4.74 Å². The number of carbonyl (C=O) groups is 1. The average molecular weight is 238 g/mol. The lowest BCUT2D eigenvalue weighted by atomic mass is 10.4. The van der Waals surface area contributed by atoms with Gasteiger partial charge in [0, 0.05) is 9.75 Å². The van der Waals surface area contributed by atoms with E-state index in [1.165, 1.54) is 16.2 Å². The minimum atomic E-state index is -0.231. The number of ether oxygens (including phenoxy) is 1. The highest BCUT2D eigenvalue weighted by Gasteiger charge is 2.10. The van der Waals surface area contributed by atoms with Gasteiger partial charge in [-0.25, -0.2) is 4.79 Å². The Kier molecular flexibility index (Phi) is 3.18. The first-order valence-corrected chi connectivity index (χ1v) is 6.31. The molecule has 0 aromatic carbocycles. The monoisotopic (exact) mass is 238 g/mol. The fraction of sp³-hybridized carbons (Fsp3) is 0.182. The third-order valence-corrected chi connectivity index (χ3v) is 3.98. The van der Waals surface area contributed by atoms with E-state index < -0.39 is 0 Å². The van der Waals surface area contributed by atoms with Gasteiger partial charge in [-0.3, -0.25) is 0 Å². The molecular formula is C11H10O2S2. The SMILES string of the molecule is CCOC(=O)c1ccc(-c2cccs2)s1. The second kappa shape index (κ2) is 4.59. The first-order valence-electron chi connectivity index (χ1n) is 4.62. The molecule has 0 unspecified atom stereocenters. The lowest BCUT2D eigenvalue weighted by Crippen LogP contribution is -2.01. The number of hydrogen-bond acceptors (Lipinski definition) is 4. The van der Waals surface area contributed by atoms with Gasteiger partial charge in [-0.05, 0) is 30.5 Å². The Morgan fingerprint density at radius 1 is 1.33 bits per heavy atom. The quantitative estimate of drug-likeness (QED) is 0.763. The summed E-state index contributed by atoms with van der Waals surface area (Å²) in [6.45, 7) is 2.23. The van der Waals surface area contributed by atoms with E-state index in [2.05, 4.69) is 0 Å². The van der Waals surface area contributed by atoms with Crippen LogP contribution in [-0.2, 0) is 4.74 Å². The first-order chi connectivity index (χ1) is 7.31. The summed E-state index contributed by atoms with van der Waals surface area (Å²) in [5, 5.41) is 2.03. The standard InChI is InChI=1S/C11H10O2S2/c1-2-13-11(12)10-6-5-9(15-10)8-4-3-7-14-8/h3-7H,2H2,1H3. The summed E-state index contributed by atoms with van der Waals surface area (Å²) in [5.41, 5.74) is 0. The van der Waals surface area contributed by atoms with Gasteiger partial charge < -0.3 is 4.74 Å². The molecule has 0 aliphatic rings. The van der Waals surface area contributed by atoms with Gasteiger partial charge in [-0.15, -0.1) is 22.7 Å². The molecular weight excluding hydrogens is 228 g/mol. The minimum Gasteiger partial charge on any atom is -0.462 e. The van der Waals surface area contributed by atoms with Crippen LogP contribution in [0.1, 0.15) is 16.6 Å². The molecule has 2 nitrogen and oxygen atoms in total. The Morgan fingerprint density at radius 3 is 2.87 bits per heavy atom. The summed E-state index contributed by atoms with van der Waals surface area (Å²) < 4.78 is 4.93. The van der Waals surface area contributed by atoms with Gasteiger partial charge in [-0.2, -0.15) is 0 Å².